The molecular weight excluding hydrogens is 276 g/mol. The summed E-state index contributed by atoms with van der Waals surface area (Å²) in [6, 6.07) is 4.61. The number of benzene rings is 1. The number of anilines is 1. The molecule has 2 rings (SSSR count). The Morgan fingerprint density at radius 2 is 2.05 bits per heavy atom. The second-order valence-corrected chi connectivity index (χ2v) is 7.49. The lowest BCUT2D eigenvalue weighted by Gasteiger charge is -2.20. The maximum absolute atomic E-state index is 12.4. The highest BCUT2D eigenvalue weighted by atomic mass is 32.2. The van der Waals surface area contributed by atoms with Gasteiger partial charge in [0.15, 0.2) is 0 Å². The Kier molecular flexibility index (Phi) is 3.97. The van der Waals surface area contributed by atoms with E-state index in [9.17, 15) is 8.42 Å². The largest absolute Gasteiger partial charge is 0.495 e. The minimum absolute atomic E-state index is 0.0968. The van der Waals surface area contributed by atoms with Gasteiger partial charge in [-0.05, 0) is 42.4 Å². The summed E-state index contributed by atoms with van der Waals surface area (Å²) < 4.78 is 32.6. The fourth-order valence-corrected chi connectivity index (χ4v) is 3.68. The minimum Gasteiger partial charge on any atom is -0.495 e. The molecule has 0 aliphatic heterocycles. The molecule has 0 amide bonds. The molecule has 0 spiro atoms. The van der Waals surface area contributed by atoms with Crippen molar-refractivity contribution in [3.8, 4) is 5.75 Å². The number of sulfonamides is 1. The van der Waals surface area contributed by atoms with Crippen molar-refractivity contribution < 1.29 is 13.2 Å². The summed E-state index contributed by atoms with van der Waals surface area (Å²) in [6.07, 6.45) is 2.14. The molecule has 5 nitrogen and oxygen atoms in total. The minimum atomic E-state index is -3.61. The summed E-state index contributed by atoms with van der Waals surface area (Å²) >= 11 is 0. The number of nitrogens with two attached hydrogens (primary N) is 1. The lowest BCUT2D eigenvalue weighted by atomic mass is 9.93. The van der Waals surface area contributed by atoms with Crippen LogP contribution in [-0.4, -0.2) is 22.1 Å². The topological polar surface area (TPSA) is 81.4 Å². The molecule has 0 heterocycles. The highest BCUT2D eigenvalue weighted by Gasteiger charge is 2.45. The van der Waals surface area contributed by atoms with Gasteiger partial charge in [0.05, 0.1) is 7.11 Å². The first-order chi connectivity index (χ1) is 9.31. The van der Waals surface area contributed by atoms with Crippen molar-refractivity contribution in [1.82, 2.24) is 4.72 Å². The summed E-state index contributed by atoms with van der Waals surface area (Å²) in [5, 5.41) is 0. The van der Waals surface area contributed by atoms with E-state index in [1.165, 1.54) is 13.2 Å². The van der Waals surface area contributed by atoms with Gasteiger partial charge < -0.3 is 10.5 Å². The van der Waals surface area contributed by atoms with Crippen molar-refractivity contribution in [2.75, 3.05) is 19.4 Å². The number of ether oxygens (including phenoxy) is 1. The molecule has 1 aromatic carbocycles. The molecule has 0 aromatic heterocycles. The Labute approximate surface area is 120 Å². The molecule has 1 aliphatic rings. The third kappa shape index (κ3) is 2.91. The Balaban J connectivity index is 2.21. The molecule has 6 heteroatoms. The molecule has 1 aliphatic carbocycles. The van der Waals surface area contributed by atoms with E-state index in [1.807, 2.05) is 0 Å². The van der Waals surface area contributed by atoms with E-state index >= 15 is 0 Å². The van der Waals surface area contributed by atoms with E-state index in [2.05, 4.69) is 18.6 Å². The van der Waals surface area contributed by atoms with Crippen molar-refractivity contribution >= 4 is 15.7 Å². The van der Waals surface area contributed by atoms with Gasteiger partial charge in [-0.25, -0.2) is 13.1 Å². The van der Waals surface area contributed by atoms with Crippen LogP contribution in [0.4, 0.5) is 5.69 Å². The van der Waals surface area contributed by atoms with Crippen LogP contribution in [0.15, 0.2) is 23.1 Å². The van der Waals surface area contributed by atoms with Crippen molar-refractivity contribution in [3.63, 3.8) is 0 Å². The van der Waals surface area contributed by atoms with Crippen LogP contribution in [0.3, 0.4) is 0 Å². The number of rotatable bonds is 6. The van der Waals surface area contributed by atoms with Crippen LogP contribution in [0.5, 0.6) is 5.75 Å². The van der Waals surface area contributed by atoms with Crippen LogP contribution in [0, 0.1) is 11.3 Å². The maximum Gasteiger partial charge on any atom is 0.244 e. The fraction of sp³-hybridized carbons (Fsp3) is 0.571. The molecule has 112 valence electrons. The number of methoxy groups -OCH3 is 1. The third-order valence-electron chi connectivity index (χ3n) is 4.21. The number of hydrogen-bond acceptors (Lipinski definition) is 4. The van der Waals surface area contributed by atoms with E-state index in [0.717, 1.165) is 12.8 Å². The van der Waals surface area contributed by atoms with E-state index in [1.54, 1.807) is 12.1 Å². The van der Waals surface area contributed by atoms with Gasteiger partial charge >= 0.3 is 0 Å². The van der Waals surface area contributed by atoms with Gasteiger partial charge in [-0.1, -0.05) is 13.8 Å². The monoisotopic (exact) mass is 298 g/mol. The first-order valence-electron chi connectivity index (χ1n) is 6.74. The summed E-state index contributed by atoms with van der Waals surface area (Å²) in [5.74, 6) is 0.772. The van der Waals surface area contributed by atoms with E-state index < -0.39 is 10.0 Å². The predicted octanol–water partition coefficient (Wildman–Crippen LogP) is 1.99. The molecule has 3 N–H and O–H groups in total. The number of nitrogens with one attached hydrogen (secondary N) is 1. The highest BCUT2D eigenvalue weighted by Crippen LogP contribution is 2.51. The Bertz CT molecular complexity index is 592. The highest BCUT2D eigenvalue weighted by molar-refractivity contribution is 7.89. The second-order valence-electron chi connectivity index (χ2n) is 5.75. The molecule has 1 saturated carbocycles. The van der Waals surface area contributed by atoms with Crippen molar-refractivity contribution in [3.05, 3.63) is 18.2 Å². The molecule has 0 bridgehead atoms. The molecule has 1 aromatic rings. The normalized spacial score (nSPS) is 17.2. The quantitative estimate of drug-likeness (QED) is 0.787. The molecule has 20 heavy (non-hydrogen) atoms. The Hall–Kier alpha value is -1.27. The Morgan fingerprint density at radius 3 is 2.55 bits per heavy atom. The van der Waals surface area contributed by atoms with Crippen molar-refractivity contribution in [1.29, 1.82) is 0 Å². The van der Waals surface area contributed by atoms with Gasteiger partial charge in [0, 0.05) is 12.2 Å². The summed E-state index contributed by atoms with van der Waals surface area (Å²) in [5.41, 5.74) is 6.18. The molecule has 0 saturated heterocycles. The van der Waals surface area contributed by atoms with E-state index in [4.69, 9.17) is 10.5 Å². The zero-order valence-corrected chi connectivity index (χ0v) is 13.0. The van der Waals surface area contributed by atoms with Crippen LogP contribution in [0.1, 0.15) is 26.7 Å². The first-order valence-corrected chi connectivity index (χ1v) is 8.22. The summed E-state index contributed by atoms with van der Waals surface area (Å²) in [4.78, 5) is 0.0968. The smallest absolute Gasteiger partial charge is 0.244 e. The summed E-state index contributed by atoms with van der Waals surface area (Å²) in [6.45, 7) is 4.72. The van der Waals surface area contributed by atoms with Crippen LogP contribution in [0.25, 0.3) is 0 Å². The van der Waals surface area contributed by atoms with Gasteiger partial charge in [0.2, 0.25) is 10.0 Å². The van der Waals surface area contributed by atoms with Crippen LogP contribution < -0.4 is 15.2 Å². The molecule has 0 unspecified atom stereocenters. The maximum atomic E-state index is 12.4. The molecule has 0 radical (unpaired) electrons. The fourth-order valence-electron chi connectivity index (χ4n) is 2.34. The molecule has 1 fully saturated rings. The average molecular weight is 298 g/mol. The summed E-state index contributed by atoms with van der Waals surface area (Å²) in [7, 11) is -2.16. The third-order valence-corrected chi connectivity index (χ3v) is 5.63. The van der Waals surface area contributed by atoms with E-state index in [-0.39, 0.29) is 10.3 Å². The number of nitrogen functional groups attached to an aromatic ring is 1. The van der Waals surface area contributed by atoms with E-state index in [0.29, 0.717) is 23.9 Å². The van der Waals surface area contributed by atoms with Gasteiger partial charge in [0.25, 0.3) is 0 Å². The van der Waals surface area contributed by atoms with Gasteiger partial charge in [-0.2, -0.15) is 0 Å². The zero-order valence-electron chi connectivity index (χ0n) is 12.1. The lowest BCUT2D eigenvalue weighted by molar-refractivity contribution is 0.357. The molecular formula is C14H22N2O3S. The lowest BCUT2D eigenvalue weighted by Crippen LogP contribution is -2.32. The Morgan fingerprint density at radius 1 is 1.40 bits per heavy atom. The SMILES string of the molecule is COc1ccc(N)cc1S(=O)(=O)NCC1(C(C)C)CC1. The van der Waals surface area contributed by atoms with Crippen molar-refractivity contribution in [2.24, 2.45) is 11.3 Å². The van der Waals surface area contributed by atoms with Gasteiger partial charge in [0.1, 0.15) is 10.6 Å². The predicted molar refractivity (Wildman–Crippen MR) is 79.1 cm³/mol. The number of hydrogen-bond donors (Lipinski definition) is 2. The average Bonchev–Trinajstić information content (AvgIpc) is 3.18. The van der Waals surface area contributed by atoms with Crippen LogP contribution >= 0.6 is 0 Å². The van der Waals surface area contributed by atoms with Crippen LogP contribution in [-0.2, 0) is 10.0 Å². The second kappa shape index (κ2) is 5.26. The van der Waals surface area contributed by atoms with Gasteiger partial charge in [-0.3, -0.25) is 0 Å². The standard InChI is InChI=1S/C14H22N2O3S/c1-10(2)14(6-7-14)9-16-20(17,18)13-8-11(15)4-5-12(13)19-3/h4-5,8,10,16H,6-7,9,15H2,1-3H3. The van der Waals surface area contributed by atoms with Gasteiger partial charge in [-0.15, -0.1) is 0 Å². The zero-order chi connectivity index (χ0) is 15.0. The first kappa shape index (κ1) is 15.1. The van der Waals surface area contributed by atoms with Crippen LogP contribution in [0.2, 0.25) is 0 Å². The van der Waals surface area contributed by atoms with Crippen molar-refractivity contribution in [2.45, 2.75) is 31.6 Å². The molecule has 0 atom stereocenters.